The molecule has 2 aliphatic heterocycles. The van der Waals surface area contributed by atoms with Crippen molar-refractivity contribution < 1.29 is 14.3 Å². The van der Waals surface area contributed by atoms with Gasteiger partial charge in [-0.05, 0) is 43.5 Å². The number of amides is 3. The minimum atomic E-state index is -0.183. The molecule has 0 aliphatic carbocycles. The van der Waals surface area contributed by atoms with E-state index in [0.717, 1.165) is 50.3 Å². The lowest BCUT2D eigenvalue weighted by Gasteiger charge is -2.44. The first-order chi connectivity index (χ1) is 13.1. The summed E-state index contributed by atoms with van der Waals surface area (Å²) in [5.41, 5.74) is 0.692. The molecule has 1 aromatic carbocycles. The predicted molar refractivity (Wildman–Crippen MR) is 108 cm³/mol. The summed E-state index contributed by atoms with van der Waals surface area (Å²) < 4.78 is 5.18. The number of nitrogens with one attached hydrogen (secondary N) is 1. The molecule has 148 valence electrons. The number of benzene rings is 1. The molecule has 1 aromatic rings. The van der Waals surface area contributed by atoms with Gasteiger partial charge in [-0.3, -0.25) is 4.79 Å². The smallest absolute Gasteiger partial charge is 0.317 e. The molecule has 7 heteroatoms. The highest BCUT2D eigenvalue weighted by Crippen LogP contribution is 2.44. The highest BCUT2D eigenvalue weighted by Gasteiger charge is 2.47. The average molecular weight is 392 g/mol. The highest BCUT2D eigenvalue weighted by molar-refractivity contribution is 8.00. The van der Waals surface area contributed by atoms with E-state index in [9.17, 15) is 9.59 Å². The number of piperidine rings is 1. The van der Waals surface area contributed by atoms with Crippen LogP contribution in [0.3, 0.4) is 0 Å². The molecule has 3 amide bonds. The molecule has 2 saturated heterocycles. The molecule has 0 unspecified atom stereocenters. The van der Waals surface area contributed by atoms with Crippen LogP contribution >= 0.6 is 11.8 Å². The maximum Gasteiger partial charge on any atom is 0.317 e. The summed E-state index contributed by atoms with van der Waals surface area (Å²) in [7, 11) is 1.62. The van der Waals surface area contributed by atoms with Crippen molar-refractivity contribution in [3.63, 3.8) is 0 Å². The van der Waals surface area contributed by atoms with Crippen LogP contribution in [-0.2, 0) is 0 Å². The third kappa shape index (κ3) is 4.34. The van der Waals surface area contributed by atoms with E-state index in [0.29, 0.717) is 18.7 Å². The number of unbranched alkanes of at least 4 members (excludes halogenated alkanes) is 1. The summed E-state index contributed by atoms with van der Waals surface area (Å²) in [6, 6.07) is 7.33. The van der Waals surface area contributed by atoms with Gasteiger partial charge in [-0.25, -0.2) is 4.79 Å². The molecule has 0 aromatic heterocycles. The second kappa shape index (κ2) is 8.87. The molecule has 27 heavy (non-hydrogen) atoms. The molecule has 0 atom stereocenters. The summed E-state index contributed by atoms with van der Waals surface area (Å²) in [4.78, 5) is 29.1. The van der Waals surface area contributed by atoms with Gasteiger partial charge in [0.2, 0.25) is 0 Å². The first-order valence-corrected chi connectivity index (χ1v) is 10.7. The standard InChI is InChI=1S/C20H29N3O3S/c1-3-4-11-21-19(25)22-12-9-20(10-13-22)23(14-15-27-20)18(24)16-5-7-17(26-2)8-6-16/h5-8H,3-4,9-15H2,1-2H3,(H,21,25). The molecular formula is C20H29N3O3S. The monoisotopic (exact) mass is 391 g/mol. The lowest BCUT2D eigenvalue weighted by atomic mass is 10.0. The van der Waals surface area contributed by atoms with E-state index >= 15 is 0 Å². The molecule has 0 radical (unpaired) electrons. The quantitative estimate of drug-likeness (QED) is 0.783. The average Bonchev–Trinajstić information content (AvgIpc) is 3.11. The van der Waals surface area contributed by atoms with Crippen LogP contribution in [0.2, 0.25) is 0 Å². The lowest BCUT2D eigenvalue weighted by Crippen LogP contribution is -2.55. The minimum absolute atomic E-state index is 0.0225. The number of nitrogens with zero attached hydrogens (tertiary/aromatic N) is 2. The lowest BCUT2D eigenvalue weighted by molar-refractivity contribution is 0.0581. The van der Waals surface area contributed by atoms with Crippen LogP contribution in [0.15, 0.2) is 24.3 Å². The summed E-state index contributed by atoms with van der Waals surface area (Å²) in [6.07, 6.45) is 3.72. The van der Waals surface area contributed by atoms with Gasteiger partial charge in [0.1, 0.15) is 5.75 Å². The molecule has 2 fully saturated rings. The molecule has 1 spiro atoms. The largest absolute Gasteiger partial charge is 0.497 e. The zero-order valence-corrected chi connectivity index (χ0v) is 17.0. The highest BCUT2D eigenvalue weighted by atomic mass is 32.2. The second-order valence-electron chi connectivity index (χ2n) is 7.05. The number of thioether (sulfide) groups is 1. The Hall–Kier alpha value is -1.89. The van der Waals surface area contributed by atoms with E-state index in [1.54, 1.807) is 7.11 Å². The van der Waals surface area contributed by atoms with E-state index in [1.165, 1.54) is 0 Å². The predicted octanol–water partition coefficient (Wildman–Crippen LogP) is 3.19. The van der Waals surface area contributed by atoms with Crippen LogP contribution in [0.25, 0.3) is 0 Å². The number of rotatable bonds is 5. The second-order valence-corrected chi connectivity index (χ2v) is 8.51. The number of urea groups is 1. The van der Waals surface area contributed by atoms with Gasteiger partial charge >= 0.3 is 6.03 Å². The number of hydrogen-bond donors (Lipinski definition) is 1. The maximum atomic E-state index is 13.1. The van der Waals surface area contributed by atoms with Crippen LogP contribution in [0.1, 0.15) is 43.0 Å². The zero-order chi connectivity index (χ0) is 19.3. The Bertz CT molecular complexity index is 657. The van der Waals surface area contributed by atoms with Gasteiger partial charge < -0.3 is 19.9 Å². The van der Waals surface area contributed by atoms with Gasteiger partial charge in [0.15, 0.2) is 0 Å². The van der Waals surface area contributed by atoms with E-state index in [2.05, 4.69) is 12.2 Å². The number of hydrogen-bond acceptors (Lipinski definition) is 4. The fraction of sp³-hybridized carbons (Fsp3) is 0.600. The van der Waals surface area contributed by atoms with Crippen LogP contribution in [0.4, 0.5) is 4.79 Å². The van der Waals surface area contributed by atoms with E-state index in [-0.39, 0.29) is 16.8 Å². The molecule has 3 rings (SSSR count). The topological polar surface area (TPSA) is 61.9 Å². The zero-order valence-electron chi connectivity index (χ0n) is 16.2. The number of ether oxygens (including phenoxy) is 1. The van der Waals surface area contributed by atoms with Crippen molar-refractivity contribution in [2.45, 2.75) is 37.5 Å². The fourth-order valence-electron chi connectivity index (χ4n) is 3.74. The number of methoxy groups -OCH3 is 1. The first kappa shape index (κ1) is 19.9. The molecule has 0 bridgehead atoms. The summed E-state index contributed by atoms with van der Waals surface area (Å²) in [5, 5.41) is 2.99. The molecule has 2 aliphatic rings. The number of likely N-dealkylation sites (tertiary alicyclic amines) is 1. The SMILES string of the molecule is CCCCNC(=O)N1CCC2(CC1)SCCN2C(=O)c1ccc(OC)cc1. The van der Waals surface area contributed by atoms with Crippen LogP contribution in [-0.4, -0.2) is 65.7 Å². The Balaban J connectivity index is 1.62. The van der Waals surface area contributed by atoms with E-state index < -0.39 is 0 Å². The molecular weight excluding hydrogens is 362 g/mol. The fourth-order valence-corrected chi connectivity index (χ4v) is 5.20. The number of carbonyl (C=O) groups is 2. The first-order valence-electron chi connectivity index (χ1n) is 9.72. The Kier molecular flexibility index (Phi) is 6.52. The van der Waals surface area contributed by atoms with Crippen molar-refractivity contribution in [2.75, 3.05) is 39.0 Å². The van der Waals surface area contributed by atoms with Crippen molar-refractivity contribution in [3.8, 4) is 5.75 Å². The normalized spacial score (nSPS) is 18.6. The molecule has 1 N–H and O–H groups in total. The van der Waals surface area contributed by atoms with Gasteiger partial charge in [0.25, 0.3) is 5.91 Å². The van der Waals surface area contributed by atoms with Crippen molar-refractivity contribution >= 4 is 23.7 Å². The molecule has 2 heterocycles. The van der Waals surface area contributed by atoms with Gasteiger partial charge in [-0.1, -0.05) is 13.3 Å². The van der Waals surface area contributed by atoms with Crippen LogP contribution in [0, 0.1) is 0 Å². The summed E-state index contributed by atoms with van der Waals surface area (Å²) >= 11 is 1.86. The Morgan fingerprint density at radius 2 is 1.89 bits per heavy atom. The van der Waals surface area contributed by atoms with E-state index in [4.69, 9.17) is 4.74 Å². The molecule has 6 nitrogen and oxygen atoms in total. The summed E-state index contributed by atoms with van der Waals surface area (Å²) in [6.45, 7) is 4.99. The number of carbonyl (C=O) groups excluding carboxylic acids is 2. The molecule has 0 saturated carbocycles. The van der Waals surface area contributed by atoms with Crippen molar-refractivity contribution in [1.82, 2.24) is 15.1 Å². The van der Waals surface area contributed by atoms with Gasteiger partial charge in [-0.2, -0.15) is 0 Å². The maximum absolute atomic E-state index is 13.1. The van der Waals surface area contributed by atoms with Crippen LogP contribution in [0.5, 0.6) is 5.75 Å². The van der Waals surface area contributed by atoms with Crippen LogP contribution < -0.4 is 10.1 Å². The Morgan fingerprint density at radius 1 is 1.19 bits per heavy atom. The minimum Gasteiger partial charge on any atom is -0.497 e. The van der Waals surface area contributed by atoms with Crippen molar-refractivity contribution in [1.29, 1.82) is 0 Å². The van der Waals surface area contributed by atoms with Crippen molar-refractivity contribution in [2.24, 2.45) is 0 Å². The van der Waals surface area contributed by atoms with Crippen molar-refractivity contribution in [3.05, 3.63) is 29.8 Å². The van der Waals surface area contributed by atoms with E-state index in [1.807, 2.05) is 45.8 Å². The Labute approximate surface area is 165 Å². The van der Waals surface area contributed by atoms with Gasteiger partial charge in [0, 0.05) is 37.5 Å². The Morgan fingerprint density at radius 3 is 2.52 bits per heavy atom. The summed E-state index contributed by atoms with van der Waals surface area (Å²) in [5.74, 6) is 1.77. The third-order valence-corrected chi connectivity index (χ3v) is 6.95. The van der Waals surface area contributed by atoms with Gasteiger partial charge in [-0.15, -0.1) is 11.8 Å². The third-order valence-electron chi connectivity index (χ3n) is 5.40. The van der Waals surface area contributed by atoms with Gasteiger partial charge in [0.05, 0.1) is 12.0 Å².